The molecule has 1 atom stereocenters. The molecule has 1 heterocycles. The van der Waals surface area contributed by atoms with Gasteiger partial charge in [0, 0.05) is 6.20 Å². The van der Waals surface area contributed by atoms with E-state index in [0.717, 1.165) is 17.1 Å². The van der Waals surface area contributed by atoms with Crippen LogP contribution in [0.4, 0.5) is 0 Å². The highest BCUT2D eigenvalue weighted by molar-refractivity contribution is 6.32. The molecule has 0 radical (unpaired) electrons. The van der Waals surface area contributed by atoms with E-state index in [4.69, 9.17) is 21.1 Å². The predicted molar refractivity (Wildman–Crippen MR) is 104 cm³/mol. The van der Waals surface area contributed by atoms with Crippen LogP contribution in [0.2, 0.25) is 5.02 Å². The van der Waals surface area contributed by atoms with Crippen molar-refractivity contribution in [1.82, 2.24) is 15.1 Å². The maximum absolute atomic E-state index is 12.3. The Bertz CT molecular complexity index is 909. The molecule has 0 spiro atoms. The first-order valence-corrected chi connectivity index (χ1v) is 8.82. The first-order valence-electron chi connectivity index (χ1n) is 8.44. The van der Waals surface area contributed by atoms with Crippen molar-refractivity contribution < 1.29 is 14.3 Å². The Morgan fingerprint density at radius 3 is 2.63 bits per heavy atom. The van der Waals surface area contributed by atoms with Gasteiger partial charge in [-0.15, -0.1) is 0 Å². The van der Waals surface area contributed by atoms with Crippen molar-refractivity contribution >= 4 is 17.5 Å². The third-order valence-corrected chi connectivity index (χ3v) is 4.25. The number of ether oxygens (including phenoxy) is 2. The monoisotopic (exact) mass is 385 g/mol. The summed E-state index contributed by atoms with van der Waals surface area (Å²) in [5.41, 5.74) is 1.65. The number of hydrogen-bond donors (Lipinski definition) is 1. The molecule has 140 valence electrons. The lowest BCUT2D eigenvalue weighted by Gasteiger charge is -2.15. The molecule has 6 nitrogen and oxygen atoms in total. The fraction of sp³-hybridized carbons (Fsp3) is 0.200. The zero-order valence-corrected chi connectivity index (χ0v) is 15.8. The molecule has 0 saturated heterocycles. The molecule has 27 heavy (non-hydrogen) atoms. The van der Waals surface area contributed by atoms with E-state index in [2.05, 4.69) is 10.4 Å². The summed E-state index contributed by atoms with van der Waals surface area (Å²) in [7, 11) is 1.63. The van der Waals surface area contributed by atoms with Crippen LogP contribution in [0.25, 0.3) is 5.69 Å². The lowest BCUT2D eigenvalue weighted by atomic mass is 10.3. The molecule has 0 saturated carbocycles. The normalized spacial score (nSPS) is 11.7. The van der Waals surface area contributed by atoms with Gasteiger partial charge < -0.3 is 14.8 Å². The summed E-state index contributed by atoms with van der Waals surface area (Å²) in [5.74, 6) is 1.02. The number of nitrogens with one attached hydrogen (secondary N) is 1. The van der Waals surface area contributed by atoms with Crippen LogP contribution in [0.5, 0.6) is 11.5 Å². The van der Waals surface area contributed by atoms with E-state index in [0.29, 0.717) is 17.3 Å². The number of benzene rings is 2. The van der Waals surface area contributed by atoms with Gasteiger partial charge in [0.15, 0.2) is 6.10 Å². The van der Waals surface area contributed by atoms with Gasteiger partial charge in [-0.05, 0) is 49.4 Å². The van der Waals surface area contributed by atoms with Gasteiger partial charge in [-0.1, -0.05) is 23.7 Å². The summed E-state index contributed by atoms with van der Waals surface area (Å²) in [6.07, 6.45) is 1.17. The molecule has 0 aliphatic heterocycles. The maximum Gasteiger partial charge on any atom is 0.261 e. The number of aromatic nitrogens is 2. The third kappa shape index (κ3) is 4.80. The van der Waals surface area contributed by atoms with Crippen molar-refractivity contribution in [2.75, 3.05) is 7.11 Å². The van der Waals surface area contributed by atoms with Gasteiger partial charge >= 0.3 is 0 Å². The zero-order valence-electron chi connectivity index (χ0n) is 15.1. The highest BCUT2D eigenvalue weighted by Gasteiger charge is 2.16. The van der Waals surface area contributed by atoms with Crippen molar-refractivity contribution in [3.8, 4) is 17.2 Å². The Hall–Kier alpha value is -2.99. The van der Waals surface area contributed by atoms with Crippen LogP contribution in [0, 0.1) is 0 Å². The molecule has 2 aromatic carbocycles. The van der Waals surface area contributed by atoms with Crippen LogP contribution < -0.4 is 14.8 Å². The minimum atomic E-state index is -0.673. The lowest BCUT2D eigenvalue weighted by molar-refractivity contribution is -0.127. The molecular weight excluding hydrogens is 366 g/mol. The zero-order chi connectivity index (χ0) is 19.2. The Labute approximate surface area is 162 Å². The highest BCUT2D eigenvalue weighted by atomic mass is 35.5. The number of rotatable bonds is 7. The number of para-hydroxylation sites is 1. The molecular formula is C20H20ClN3O3. The van der Waals surface area contributed by atoms with Gasteiger partial charge in [-0.2, -0.15) is 5.10 Å². The number of hydrogen-bond acceptors (Lipinski definition) is 4. The van der Waals surface area contributed by atoms with Crippen LogP contribution in [-0.4, -0.2) is 28.9 Å². The van der Waals surface area contributed by atoms with E-state index in [1.165, 1.54) is 0 Å². The van der Waals surface area contributed by atoms with Crippen LogP contribution >= 0.6 is 11.6 Å². The van der Waals surface area contributed by atoms with Crippen molar-refractivity contribution in [2.45, 2.75) is 19.6 Å². The number of carbonyl (C=O) groups excluding carboxylic acids is 1. The summed E-state index contributed by atoms with van der Waals surface area (Å²) in [6, 6.07) is 16.5. The van der Waals surface area contributed by atoms with Crippen LogP contribution in [0.15, 0.2) is 60.8 Å². The second-order valence-corrected chi connectivity index (χ2v) is 6.27. The fourth-order valence-electron chi connectivity index (χ4n) is 2.44. The Balaban J connectivity index is 1.56. The first-order chi connectivity index (χ1) is 13.1. The highest BCUT2D eigenvalue weighted by Crippen LogP contribution is 2.24. The minimum absolute atomic E-state index is 0.242. The smallest absolute Gasteiger partial charge is 0.261 e. The molecule has 3 aromatic rings. The number of carbonyl (C=O) groups is 1. The van der Waals surface area contributed by atoms with E-state index in [1.807, 2.05) is 36.5 Å². The molecule has 7 heteroatoms. The van der Waals surface area contributed by atoms with Crippen LogP contribution in [-0.2, 0) is 11.3 Å². The van der Waals surface area contributed by atoms with Crippen molar-refractivity contribution in [1.29, 1.82) is 0 Å². The SMILES string of the molecule is COc1ccc(-n2ccc(CNC(=O)C(C)Oc3ccccc3Cl)n2)cc1. The molecule has 3 rings (SSSR count). The molecule has 1 amide bonds. The molecule has 1 N–H and O–H groups in total. The number of nitrogens with zero attached hydrogens (tertiary/aromatic N) is 2. The summed E-state index contributed by atoms with van der Waals surface area (Å²) >= 11 is 6.05. The average Bonchev–Trinajstić information content (AvgIpc) is 3.17. The quantitative estimate of drug-likeness (QED) is 0.674. The standard InChI is InChI=1S/C20H20ClN3O3/c1-14(27-19-6-4-3-5-18(19)21)20(25)22-13-15-11-12-24(23-15)16-7-9-17(26-2)10-8-16/h3-12,14H,13H2,1-2H3,(H,22,25). The van der Waals surface area contributed by atoms with Gasteiger partial charge in [0.25, 0.3) is 5.91 Å². The Kier molecular flexibility index (Phi) is 5.98. The van der Waals surface area contributed by atoms with E-state index >= 15 is 0 Å². The van der Waals surface area contributed by atoms with E-state index in [9.17, 15) is 4.79 Å². The first kappa shape index (κ1) is 18.8. The predicted octanol–water partition coefficient (Wildman–Crippen LogP) is 3.62. The molecule has 0 aliphatic carbocycles. The topological polar surface area (TPSA) is 65.4 Å². The maximum atomic E-state index is 12.3. The molecule has 1 unspecified atom stereocenters. The second kappa shape index (κ2) is 8.60. The van der Waals surface area contributed by atoms with Gasteiger partial charge in [0.1, 0.15) is 11.5 Å². The number of methoxy groups -OCH3 is 1. The van der Waals surface area contributed by atoms with E-state index < -0.39 is 6.10 Å². The van der Waals surface area contributed by atoms with Crippen LogP contribution in [0.3, 0.4) is 0 Å². The van der Waals surface area contributed by atoms with Crippen LogP contribution in [0.1, 0.15) is 12.6 Å². The van der Waals surface area contributed by atoms with E-state index in [-0.39, 0.29) is 5.91 Å². The number of amides is 1. The summed E-state index contributed by atoms with van der Waals surface area (Å²) in [4.78, 5) is 12.3. The van der Waals surface area contributed by atoms with Crippen molar-refractivity contribution in [3.05, 3.63) is 71.5 Å². The van der Waals surface area contributed by atoms with Crippen molar-refractivity contribution in [2.24, 2.45) is 0 Å². The average molecular weight is 386 g/mol. The minimum Gasteiger partial charge on any atom is -0.497 e. The van der Waals surface area contributed by atoms with Gasteiger partial charge in [0.2, 0.25) is 0 Å². The largest absolute Gasteiger partial charge is 0.497 e. The third-order valence-electron chi connectivity index (χ3n) is 3.93. The summed E-state index contributed by atoms with van der Waals surface area (Å²) in [5, 5.41) is 7.75. The fourth-order valence-corrected chi connectivity index (χ4v) is 2.62. The molecule has 1 aromatic heterocycles. The summed E-state index contributed by atoms with van der Waals surface area (Å²) < 4.78 is 12.5. The molecule has 0 aliphatic rings. The molecule has 0 bridgehead atoms. The van der Waals surface area contributed by atoms with Gasteiger partial charge in [0.05, 0.1) is 30.1 Å². The van der Waals surface area contributed by atoms with Gasteiger partial charge in [-0.25, -0.2) is 4.68 Å². The summed E-state index contributed by atoms with van der Waals surface area (Å²) in [6.45, 7) is 1.98. The number of halogens is 1. The lowest BCUT2D eigenvalue weighted by Crippen LogP contribution is -2.36. The van der Waals surface area contributed by atoms with Crippen molar-refractivity contribution in [3.63, 3.8) is 0 Å². The second-order valence-electron chi connectivity index (χ2n) is 5.86. The molecule has 0 fully saturated rings. The van der Waals surface area contributed by atoms with Gasteiger partial charge in [-0.3, -0.25) is 4.79 Å². The Morgan fingerprint density at radius 1 is 1.19 bits per heavy atom. The Morgan fingerprint density at radius 2 is 1.93 bits per heavy atom. The van der Waals surface area contributed by atoms with E-state index in [1.54, 1.807) is 43.0 Å².